The molecule has 0 saturated heterocycles. The highest BCUT2D eigenvalue weighted by molar-refractivity contribution is 7.10. The second-order valence-corrected chi connectivity index (χ2v) is 8.83. The molecule has 4 rings (SSSR count). The number of hydrogen-bond donors (Lipinski definition) is 2. The molecule has 2 atom stereocenters. The first-order valence-corrected chi connectivity index (χ1v) is 11.4. The number of aromatic nitrogens is 4. The molecular formula is C24H21F3N5OS+. The molecule has 2 aromatic heterocycles. The largest absolute Gasteiger partial charge is 0.380 e. The Morgan fingerprint density at radius 1 is 1.18 bits per heavy atom. The van der Waals surface area contributed by atoms with Gasteiger partial charge < -0.3 is 5.11 Å². The lowest BCUT2D eigenvalue weighted by atomic mass is 9.82. The van der Waals surface area contributed by atoms with Crippen molar-refractivity contribution in [2.75, 3.05) is 0 Å². The van der Waals surface area contributed by atoms with E-state index < -0.39 is 29.0 Å². The van der Waals surface area contributed by atoms with E-state index in [2.05, 4.69) is 21.1 Å². The van der Waals surface area contributed by atoms with Gasteiger partial charge in [0, 0.05) is 34.9 Å². The molecule has 2 N–H and O–H groups in total. The van der Waals surface area contributed by atoms with Crippen molar-refractivity contribution in [3.8, 4) is 17.3 Å². The number of thiazole rings is 1. The molecule has 10 heteroatoms. The van der Waals surface area contributed by atoms with E-state index in [1.807, 2.05) is 6.92 Å². The van der Waals surface area contributed by atoms with Crippen LogP contribution in [0.15, 0.2) is 48.1 Å². The molecule has 6 nitrogen and oxygen atoms in total. The number of nitrogens with one attached hydrogen (secondary N) is 1. The highest BCUT2D eigenvalue weighted by Gasteiger charge is 2.44. The van der Waals surface area contributed by atoms with Gasteiger partial charge >= 0.3 is 6.33 Å². The zero-order valence-corrected chi connectivity index (χ0v) is 19.2. The van der Waals surface area contributed by atoms with Crippen molar-refractivity contribution in [3.05, 3.63) is 87.5 Å². The molecule has 2 aromatic carbocycles. The Kier molecular flexibility index (Phi) is 6.50. The summed E-state index contributed by atoms with van der Waals surface area (Å²) in [6.45, 7) is 3.35. The Morgan fingerprint density at radius 3 is 2.53 bits per heavy atom. The minimum absolute atomic E-state index is 0.199. The third kappa shape index (κ3) is 4.44. The van der Waals surface area contributed by atoms with Crippen LogP contribution in [-0.2, 0) is 18.6 Å². The molecule has 2 heterocycles. The van der Waals surface area contributed by atoms with Gasteiger partial charge in [0.1, 0.15) is 18.0 Å². The molecule has 0 amide bonds. The number of rotatable bonds is 7. The van der Waals surface area contributed by atoms with Gasteiger partial charge in [-0.2, -0.15) is 15.0 Å². The van der Waals surface area contributed by atoms with Crippen LogP contribution < -0.4 is 4.68 Å². The van der Waals surface area contributed by atoms with Gasteiger partial charge in [-0.15, -0.1) is 11.3 Å². The zero-order chi connectivity index (χ0) is 24.5. The third-order valence-electron chi connectivity index (χ3n) is 5.77. The van der Waals surface area contributed by atoms with Gasteiger partial charge in [0.25, 0.3) is 5.82 Å². The molecule has 0 bridgehead atoms. The number of aromatic amines is 1. The third-order valence-corrected chi connectivity index (χ3v) is 6.79. The Balaban J connectivity index is 1.76. The first-order chi connectivity index (χ1) is 16.2. The Morgan fingerprint density at radius 2 is 1.88 bits per heavy atom. The van der Waals surface area contributed by atoms with Gasteiger partial charge in [0.15, 0.2) is 11.6 Å². The average molecular weight is 485 g/mol. The lowest BCUT2D eigenvalue weighted by Crippen LogP contribution is -2.50. The molecule has 0 aliphatic carbocycles. The van der Waals surface area contributed by atoms with E-state index in [0.717, 1.165) is 5.56 Å². The van der Waals surface area contributed by atoms with Crippen LogP contribution in [0.3, 0.4) is 0 Å². The summed E-state index contributed by atoms with van der Waals surface area (Å²) in [6.07, 6.45) is 2.07. The maximum Gasteiger partial charge on any atom is 0.307 e. The SMILES string of the molecule is CCc1nc[n+](C[C@](O)(c2cc(F)c(F)cc2F)[C@@H](C)c2nc(-c3ccc(C#N)cc3)cs2)[nH]1. The van der Waals surface area contributed by atoms with E-state index in [-0.39, 0.29) is 12.1 Å². The lowest BCUT2D eigenvalue weighted by Gasteiger charge is -2.32. The fourth-order valence-corrected chi connectivity index (χ4v) is 4.69. The normalized spacial score (nSPS) is 13.9. The van der Waals surface area contributed by atoms with Gasteiger partial charge in [0.2, 0.25) is 0 Å². The van der Waals surface area contributed by atoms with E-state index >= 15 is 0 Å². The Bertz CT molecular complexity index is 1360. The quantitative estimate of drug-likeness (QED) is 0.301. The van der Waals surface area contributed by atoms with Crippen molar-refractivity contribution in [3.63, 3.8) is 0 Å². The number of aliphatic hydroxyl groups is 1. The number of halogens is 3. The Labute approximate surface area is 198 Å². The summed E-state index contributed by atoms with van der Waals surface area (Å²) >= 11 is 1.26. The smallest absolute Gasteiger partial charge is 0.307 e. The molecule has 0 spiro atoms. The van der Waals surface area contributed by atoms with Gasteiger partial charge in [-0.3, -0.25) is 0 Å². The predicted octanol–water partition coefficient (Wildman–Crippen LogP) is 4.36. The number of H-pyrrole nitrogens is 1. The molecule has 174 valence electrons. The molecule has 0 aliphatic rings. The van der Waals surface area contributed by atoms with Crippen LogP contribution in [0.2, 0.25) is 0 Å². The van der Waals surface area contributed by atoms with Crippen LogP contribution in [0, 0.1) is 28.8 Å². The fraction of sp³-hybridized carbons (Fsp3) is 0.250. The lowest BCUT2D eigenvalue weighted by molar-refractivity contribution is -0.765. The van der Waals surface area contributed by atoms with Crippen molar-refractivity contribution >= 4 is 11.3 Å². The van der Waals surface area contributed by atoms with E-state index in [4.69, 9.17) is 5.26 Å². The standard InChI is InChI=1S/C24H20F3N5OS/c1-3-22-29-13-32(31-22)12-24(33,17-8-19(26)20(27)9-18(17)25)14(2)23-30-21(11-34-23)16-6-4-15(10-28)5-7-16/h4-9,11,13-14,33H,3,12H2,1-2H3/p+1/t14-,24+/m0/s1. The summed E-state index contributed by atoms with van der Waals surface area (Å²) in [4.78, 5) is 8.80. The van der Waals surface area contributed by atoms with Gasteiger partial charge in [-0.05, 0) is 23.2 Å². The molecule has 0 unspecified atom stereocenters. The summed E-state index contributed by atoms with van der Waals surface area (Å²) in [5, 5.41) is 26.1. The maximum absolute atomic E-state index is 14.9. The van der Waals surface area contributed by atoms with Crippen LogP contribution in [0.4, 0.5) is 13.2 Å². The molecule has 0 fully saturated rings. The van der Waals surface area contributed by atoms with E-state index in [0.29, 0.717) is 40.6 Å². The van der Waals surface area contributed by atoms with Crippen LogP contribution >= 0.6 is 11.3 Å². The average Bonchev–Trinajstić information content (AvgIpc) is 3.50. The summed E-state index contributed by atoms with van der Waals surface area (Å²) in [5.41, 5.74) is -0.465. The first kappa shape index (κ1) is 23.6. The van der Waals surface area contributed by atoms with Crippen molar-refractivity contribution in [2.45, 2.75) is 38.3 Å². The van der Waals surface area contributed by atoms with E-state index in [1.54, 1.807) is 36.6 Å². The number of aryl methyl sites for hydroxylation is 1. The monoisotopic (exact) mass is 484 g/mol. The highest BCUT2D eigenvalue weighted by Crippen LogP contribution is 2.41. The maximum atomic E-state index is 14.9. The molecule has 0 radical (unpaired) electrons. The van der Waals surface area contributed by atoms with Gasteiger partial charge in [0.05, 0.1) is 22.3 Å². The molecule has 0 aliphatic heterocycles. The second-order valence-electron chi connectivity index (χ2n) is 7.94. The zero-order valence-electron chi connectivity index (χ0n) is 18.4. The summed E-state index contributed by atoms with van der Waals surface area (Å²) in [6, 6.07) is 10.0. The number of benzene rings is 2. The highest BCUT2D eigenvalue weighted by atomic mass is 32.1. The summed E-state index contributed by atoms with van der Waals surface area (Å²) < 4.78 is 44.1. The minimum atomic E-state index is -1.99. The minimum Gasteiger partial charge on any atom is -0.380 e. The van der Waals surface area contributed by atoms with Gasteiger partial charge in [-0.25, -0.2) is 18.2 Å². The molecule has 34 heavy (non-hydrogen) atoms. The number of nitriles is 1. The first-order valence-electron chi connectivity index (χ1n) is 10.5. The summed E-state index contributed by atoms with van der Waals surface area (Å²) in [5.74, 6) is -3.81. The van der Waals surface area contributed by atoms with Crippen molar-refractivity contribution in [1.82, 2.24) is 15.1 Å². The topological polar surface area (TPSA) is 89.5 Å². The van der Waals surface area contributed by atoms with Crippen LogP contribution in [-0.4, -0.2) is 20.2 Å². The van der Waals surface area contributed by atoms with Crippen LogP contribution in [0.1, 0.15) is 41.7 Å². The second kappa shape index (κ2) is 9.37. The summed E-state index contributed by atoms with van der Waals surface area (Å²) in [7, 11) is 0. The molecule has 0 saturated carbocycles. The molecule has 4 aromatic rings. The van der Waals surface area contributed by atoms with Crippen LogP contribution in [0.5, 0.6) is 0 Å². The van der Waals surface area contributed by atoms with Crippen molar-refractivity contribution in [2.24, 2.45) is 0 Å². The number of hydrogen-bond acceptors (Lipinski definition) is 5. The van der Waals surface area contributed by atoms with Crippen LogP contribution in [0.25, 0.3) is 11.3 Å². The van der Waals surface area contributed by atoms with Gasteiger partial charge in [-0.1, -0.05) is 26.0 Å². The fourth-order valence-electron chi connectivity index (χ4n) is 3.72. The van der Waals surface area contributed by atoms with Crippen molar-refractivity contribution in [1.29, 1.82) is 5.26 Å². The number of nitrogens with zero attached hydrogens (tertiary/aromatic N) is 4. The predicted molar refractivity (Wildman–Crippen MR) is 119 cm³/mol. The Hall–Kier alpha value is -3.55. The van der Waals surface area contributed by atoms with Crippen molar-refractivity contribution < 1.29 is 23.0 Å². The van der Waals surface area contributed by atoms with E-state index in [1.165, 1.54) is 22.3 Å². The molecular weight excluding hydrogens is 463 g/mol. The van der Waals surface area contributed by atoms with E-state index in [9.17, 15) is 18.3 Å².